The Balaban J connectivity index is 1.66. The molecule has 0 aliphatic carbocycles. The molecular weight excluding hydrogens is 450 g/mol. The van der Waals surface area contributed by atoms with Gasteiger partial charge in [0.05, 0.1) is 18.8 Å². The number of amides is 1. The molecule has 0 saturated carbocycles. The molecule has 186 valence electrons. The third-order valence-electron chi connectivity index (χ3n) is 6.46. The number of unbranched alkanes of at least 4 members (excludes halogenated alkanes) is 4. The maximum absolute atomic E-state index is 13.3. The molecule has 2 aromatic carbocycles. The van der Waals surface area contributed by atoms with Crippen molar-refractivity contribution >= 4 is 17.5 Å². The minimum atomic E-state index is -0.939. The van der Waals surface area contributed by atoms with Crippen LogP contribution in [-0.2, 0) is 5.60 Å². The van der Waals surface area contributed by atoms with Crippen molar-refractivity contribution in [3.05, 3.63) is 58.6 Å². The largest absolute Gasteiger partial charge is 0.490 e. The molecule has 3 rings (SSSR count). The van der Waals surface area contributed by atoms with Gasteiger partial charge in [-0.2, -0.15) is 0 Å². The number of carbonyl (C=O) groups excluding carboxylic acids is 1. The highest BCUT2D eigenvalue weighted by molar-refractivity contribution is 6.30. The predicted octanol–water partition coefficient (Wildman–Crippen LogP) is 6.60. The summed E-state index contributed by atoms with van der Waals surface area (Å²) in [5.74, 6) is 1.28. The molecule has 1 amide bonds. The second kappa shape index (κ2) is 13.0. The van der Waals surface area contributed by atoms with Crippen molar-refractivity contribution in [1.82, 2.24) is 4.90 Å². The van der Waals surface area contributed by atoms with Gasteiger partial charge in [-0.05, 0) is 61.6 Å². The maximum Gasteiger partial charge on any atom is 0.253 e. The van der Waals surface area contributed by atoms with Gasteiger partial charge in [0, 0.05) is 23.7 Å². The third-order valence-corrected chi connectivity index (χ3v) is 6.71. The zero-order valence-corrected chi connectivity index (χ0v) is 21.3. The molecule has 34 heavy (non-hydrogen) atoms. The molecule has 0 unspecified atom stereocenters. The van der Waals surface area contributed by atoms with Gasteiger partial charge in [0.1, 0.15) is 0 Å². The van der Waals surface area contributed by atoms with Gasteiger partial charge in [0.15, 0.2) is 11.5 Å². The molecule has 0 spiro atoms. The Bertz CT molecular complexity index is 907. The van der Waals surface area contributed by atoms with Crippen molar-refractivity contribution in [2.24, 2.45) is 0 Å². The first-order chi connectivity index (χ1) is 16.5. The highest BCUT2D eigenvalue weighted by Crippen LogP contribution is 2.35. The summed E-state index contributed by atoms with van der Waals surface area (Å²) in [5.41, 5.74) is 0.491. The lowest BCUT2D eigenvalue weighted by molar-refractivity contribution is -0.0211. The van der Waals surface area contributed by atoms with E-state index in [9.17, 15) is 9.90 Å². The van der Waals surface area contributed by atoms with E-state index in [0.717, 1.165) is 44.1 Å². The quantitative estimate of drug-likeness (QED) is 0.342. The first-order valence-electron chi connectivity index (χ1n) is 12.6. The first-order valence-corrected chi connectivity index (χ1v) is 13.0. The van der Waals surface area contributed by atoms with Crippen LogP contribution in [0.3, 0.4) is 0 Å². The molecule has 1 saturated heterocycles. The monoisotopic (exact) mass is 487 g/mol. The standard InChI is InChI=1S/C28H38ClNO4/c1-3-5-7-19-33-25-14-9-22(21-26(25)34-20-8-6-4-2)27(31)30-17-15-28(32,16-18-30)23-10-12-24(29)13-11-23/h9-14,21,32H,3-8,15-20H2,1-2H3. The molecule has 6 heteroatoms. The summed E-state index contributed by atoms with van der Waals surface area (Å²) in [6.45, 7) is 6.55. The number of halogens is 1. The summed E-state index contributed by atoms with van der Waals surface area (Å²) in [6.07, 6.45) is 7.44. The van der Waals surface area contributed by atoms with E-state index >= 15 is 0 Å². The molecule has 1 N–H and O–H groups in total. The van der Waals surface area contributed by atoms with E-state index in [0.29, 0.717) is 61.2 Å². The van der Waals surface area contributed by atoms with Crippen LogP contribution in [0.2, 0.25) is 5.02 Å². The van der Waals surface area contributed by atoms with Crippen LogP contribution in [0.25, 0.3) is 0 Å². The number of hydrogen-bond donors (Lipinski definition) is 1. The second-order valence-corrected chi connectivity index (χ2v) is 9.54. The number of piperidine rings is 1. The SMILES string of the molecule is CCCCCOc1ccc(C(=O)N2CCC(O)(c3ccc(Cl)cc3)CC2)cc1OCCCCC. The molecule has 2 aromatic rings. The van der Waals surface area contributed by atoms with Gasteiger partial charge in [-0.25, -0.2) is 0 Å². The van der Waals surface area contributed by atoms with E-state index in [2.05, 4.69) is 13.8 Å². The summed E-state index contributed by atoms with van der Waals surface area (Å²) in [4.78, 5) is 15.1. The number of carbonyl (C=O) groups is 1. The zero-order chi connectivity index (χ0) is 24.4. The summed E-state index contributed by atoms with van der Waals surface area (Å²) < 4.78 is 12.0. The Morgan fingerprint density at radius 3 is 2.09 bits per heavy atom. The Hall–Kier alpha value is -2.24. The van der Waals surface area contributed by atoms with Crippen molar-refractivity contribution in [2.75, 3.05) is 26.3 Å². The van der Waals surface area contributed by atoms with E-state index in [1.54, 1.807) is 12.1 Å². The van der Waals surface area contributed by atoms with Gasteiger partial charge in [0.25, 0.3) is 5.91 Å². The van der Waals surface area contributed by atoms with Crippen molar-refractivity contribution in [3.8, 4) is 11.5 Å². The van der Waals surface area contributed by atoms with Gasteiger partial charge in [0.2, 0.25) is 0 Å². The van der Waals surface area contributed by atoms with E-state index in [1.165, 1.54) is 0 Å². The van der Waals surface area contributed by atoms with Crippen molar-refractivity contribution in [1.29, 1.82) is 0 Å². The van der Waals surface area contributed by atoms with E-state index in [4.69, 9.17) is 21.1 Å². The molecule has 0 radical (unpaired) electrons. The third kappa shape index (κ3) is 7.13. The normalized spacial score (nSPS) is 15.2. The molecule has 0 bridgehead atoms. The van der Waals surface area contributed by atoms with Gasteiger partial charge in [-0.15, -0.1) is 0 Å². The van der Waals surface area contributed by atoms with E-state index in [-0.39, 0.29) is 5.91 Å². The molecule has 1 fully saturated rings. The summed E-state index contributed by atoms with van der Waals surface area (Å²) >= 11 is 5.99. The molecule has 1 heterocycles. The topological polar surface area (TPSA) is 59.0 Å². The van der Waals surface area contributed by atoms with Crippen molar-refractivity contribution in [2.45, 2.75) is 70.8 Å². The Morgan fingerprint density at radius 1 is 0.912 bits per heavy atom. The lowest BCUT2D eigenvalue weighted by atomic mass is 9.84. The van der Waals surface area contributed by atoms with Crippen LogP contribution in [0, 0.1) is 0 Å². The molecule has 1 aliphatic rings. The average Bonchev–Trinajstić information content (AvgIpc) is 2.85. The van der Waals surface area contributed by atoms with E-state index < -0.39 is 5.60 Å². The Morgan fingerprint density at radius 2 is 1.50 bits per heavy atom. The number of nitrogens with zero attached hydrogens (tertiary/aromatic N) is 1. The molecule has 0 aromatic heterocycles. The first kappa shape index (κ1) is 26.4. The molecular formula is C28H38ClNO4. The minimum Gasteiger partial charge on any atom is -0.490 e. The fraction of sp³-hybridized carbons (Fsp3) is 0.536. The zero-order valence-electron chi connectivity index (χ0n) is 20.5. The second-order valence-electron chi connectivity index (χ2n) is 9.10. The van der Waals surface area contributed by atoms with Crippen LogP contribution >= 0.6 is 11.6 Å². The van der Waals surface area contributed by atoms with Crippen LogP contribution < -0.4 is 9.47 Å². The number of likely N-dealkylation sites (tertiary alicyclic amines) is 1. The summed E-state index contributed by atoms with van der Waals surface area (Å²) in [5, 5.41) is 11.8. The number of hydrogen-bond acceptors (Lipinski definition) is 4. The molecule has 5 nitrogen and oxygen atoms in total. The van der Waals surface area contributed by atoms with Crippen molar-refractivity contribution in [3.63, 3.8) is 0 Å². The summed E-state index contributed by atoms with van der Waals surface area (Å²) in [7, 11) is 0. The molecule has 0 atom stereocenters. The lowest BCUT2D eigenvalue weighted by Crippen LogP contribution is -2.45. The number of ether oxygens (including phenoxy) is 2. The number of aliphatic hydroxyl groups is 1. The van der Waals surface area contributed by atoms with Crippen LogP contribution in [-0.4, -0.2) is 42.2 Å². The van der Waals surface area contributed by atoms with Crippen LogP contribution in [0.1, 0.15) is 81.1 Å². The summed E-state index contributed by atoms with van der Waals surface area (Å²) in [6, 6.07) is 12.8. The van der Waals surface area contributed by atoms with Gasteiger partial charge in [-0.1, -0.05) is 63.3 Å². The van der Waals surface area contributed by atoms with Crippen LogP contribution in [0.15, 0.2) is 42.5 Å². The fourth-order valence-electron chi connectivity index (χ4n) is 4.25. The predicted molar refractivity (Wildman–Crippen MR) is 137 cm³/mol. The van der Waals surface area contributed by atoms with Crippen molar-refractivity contribution < 1.29 is 19.4 Å². The van der Waals surface area contributed by atoms with Gasteiger partial charge in [-0.3, -0.25) is 4.79 Å². The lowest BCUT2D eigenvalue weighted by Gasteiger charge is -2.38. The van der Waals surface area contributed by atoms with Gasteiger partial charge < -0.3 is 19.5 Å². The maximum atomic E-state index is 13.3. The van der Waals surface area contributed by atoms with Crippen LogP contribution in [0.4, 0.5) is 0 Å². The fourth-order valence-corrected chi connectivity index (χ4v) is 4.38. The number of rotatable bonds is 12. The minimum absolute atomic E-state index is 0.0471. The van der Waals surface area contributed by atoms with Gasteiger partial charge >= 0.3 is 0 Å². The highest BCUT2D eigenvalue weighted by Gasteiger charge is 2.35. The Kier molecular flexibility index (Phi) is 10.1. The average molecular weight is 488 g/mol. The highest BCUT2D eigenvalue weighted by atomic mass is 35.5. The molecule has 1 aliphatic heterocycles. The van der Waals surface area contributed by atoms with Crippen LogP contribution in [0.5, 0.6) is 11.5 Å². The smallest absolute Gasteiger partial charge is 0.253 e. The Labute approximate surface area is 209 Å². The van der Waals surface area contributed by atoms with E-state index in [1.807, 2.05) is 35.2 Å². The number of benzene rings is 2.